The molecule has 1 N–H and O–H groups in total. The Hall–Kier alpha value is -4.65. The Balaban J connectivity index is 1.60. The first-order chi connectivity index (χ1) is 18.6. The van der Waals surface area contributed by atoms with Crippen molar-refractivity contribution in [3.8, 4) is 11.5 Å². The van der Waals surface area contributed by atoms with Crippen LogP contribution >= 0.6 is 0 Å². The van der Waals surface area contributed by atoms with Crippen LogP contribution < -0.4 is 14.8 Å². The normalized spacial score (nSPS) is 11.3. The van der Waals surface area contributed by atoms with E-state index in [1.807, 2.05) is 84.9 Å². The second-order valence-corrected chi connectivity index (χ2v) is 8.76. The highest BCUT2D eigenvalue weighted by Gasteiger charge is 2.30. The predicted octanol–water partition coefficient (Wildman–Crippen LogP) is 4.43. The summed E-state index contributed by atoms with van der Waals surface area (Å²) in [5, 5.41) is 3.00. The second-order valence-electron chi connectivity index (χ2n) is 8.76. The van der Waals surface area contributed by atoms with Gasteiger partial charge in [0.2, 0.25) is 5.91 Å². The fourth-order valence-electron chi connectivity index (χ4n) is 4.04. The lowest BCUT2D eigenvalue weighted by Crippen LogP contribution is -2.51. The molecule has 1 atom stereocenters. The molecule has 7 heteroatoms. The molecular formula is C31H31N3O4. The first-order valence-electron chi connectivity index (χ1n) is 12.4. The molecule has 194 valence electrons. The van der Waals surface area contributed by atoms with Gasteiger partial charge in [-0.1, -0.05) is 66.7 Å². The molecular weight excluding hydrogens is 478 g/mol. The zero-order valence-electron chi connectivity index (χ0n) is 21.3. The standard InChI is InChI=1S/C31H31N3O4/c1-37-27-16-14-25(15-17-27)22-34(30(35)23-38-28-12-6-3-7-13-28)29(19-24-9-4-2-5-10-24)31(36)33-21-26-11-8-18-32-20-26/h2-18,20,29H,19,21-23H2,1H3,(H,33,36)/t29-/m1/s1. The van der Waals surface area contributed by atoms with Gasteiger partial charge in [0.25, 0.3) is 5.91 Å². The third-order valence-corrected chi connectivity index (χ3v) is 6.08. The minimum atomic E-state index is -0.761. The molecule has 0 saturated carbocycles. The lowest BCUT2D eigenvalue weighted by Gasteiger charge is -2.31. The van der Waals surface area contributed by atoms with Crippen LogP contribution in [0.2, 0.25) is 0 Å². The Morgan fingerprint density at radius 2 is 1.50 bits per heavy atom. The number of hydrogen-bond acceptors (Lipinski definition) is 5. The first kappa shape index (κ1) is 26.4. The van der Waals surface area contributed by atoms with Gasteiger partial charge in [0.15, 0.2) is 6.61 Å². The number of ether oxygens (including phenoxy) is 2. The average Bonchev–Trinajstić information content (AvgIpc) is 2.98. The van der Waals surface area contributed by atoms with E-state index in [9.17, 15) is 9.59 Å². The molecule has 0 saturated heterocycles. The van der Waals surface area contributed by atoms with Crippen LogP contribution in [-0.4, -0.2) is 41.5 Å². The molecule has 0 spiro atoms. The molecule has 0 unspecified atom stereocenters. The van der Waals surface area contributed by atoms with E-state index in [1.165, 1.54) is 0 Å². The van der Waals surface area contributed by atoms with Gasteiger partial charge in [0.1, 0.15) is 17.5 Å². The number of rotatable bonds is 12. The summed E-state index contributed by atoms with van der Waals surface area (Å²) in [5.74, 6) is 0.765. The van der Waals surface area contributed by atoms with E-state index >= 15 is 0 Å². The minimum Gasteiger partial charge on any atom is -0.497 e. The maximum atomic E-state index is 13.6. The van der Waals surface area contributed by atoms with Crippen LogP contribution in [0.3, 0.4) is 0 Å². The quantitative estimate of drug-likeness (QED) is 0.306. The summed E-state index contributed by atoms with van der Waals surface area (Å²) in [6.07, 6.45) is 3.75. The molecule has 0 aliphatic heterocycles. The van der Waals surface area contributed by atoms with E-state index in [2.05, 4.69) is 10.3 Å². The van der Waals surface area contributed by atoms with E-state index in [0.717, 1.165) is 16.7 Å². The Labute approximate surface area is 223 Å². The molecule has 4 rings (SSSR count). The molecule has 0 aliphatic rings. The number of carbonyl (C=O) groups excluding carboxylic acids is 2. The number of nitrogens with zero attached hydrogens (tertiary/aromatic N) is 2. The smallest absolute Gasteiger partial charge is 0.261 e. The SMILES string of the molecule is COc1ccc(CN(C(=O)COc2ccccc2)[C@H](Cc2ccccc2)C(=O)NCc2cccnc2)cc1. The summed E-state index contributed by atoms with van der Waals surface area (Å²) in [6.45, 7) is 0.350. The molecule has 1 aromatic heterocycles. The second kappa shape index (κ2) is 13.6. The molecule has 0 radical (unpaired) electrons. The topological polar surface area (TPSA) is 80.8 Å². The summed E-state index contributed by atoms with van der Waals surface area (Å²) >= 11 is 0. The van der Waals surface area contributed by atoms with Gasteiger partial charge in [0.05, 0.1) is 7.11 Å². The van der Waals surface area contributed by atoms with E-state index in [0.29, 0.717) is 24.5 Å². The number of aromatic nitrogens is 1. The van der Waals surface area contributed by atoms with Gasteiger partial charge in [-0.05, 0) is 47.0 Å². The predicted molar refractivity (Wildman–Crippen MR) is 145 cm³/mol. The van der Waals surface area contributed by atoms with E-state index in [4.69, 9.17) is 9.47 Å². The molecule has 7 nitrogen and oxygen atoms in total. The van der Waals surface area contributed by atoms with E-state index in [-0.39, 0.29) is 25.0 Å². The van der Waals surface area contributed by atoms with Gasteiger partial charge < -0.3 is 19.7 Å². The van der Waals surface area contributed by atoms with Crippen molar-refractivity contribution < 1.29 is 19.1 Å². The summed E-state index contributed by atoms with van der Waals surface area (Å²) in [5.41, 5.74) is 2.70. The van der Waals surface area contributed by atoms with Crippen molar-refractivity contribution in [3.63, 3.8) is 0 Å². The number of methoxy groups -OCH3 is 1. The maximum Gasteiger partial charge on any atom is 0.261 e. The lowest BCUT2D eigenvalue weighted by molar-refractivity contribution is -0.142. The van der Waals surface area contributed by atoms with Crippen LogP contribution in [0.5, 0.6) is 11.5 Å². The van der Waals surface area contributed by atoms with Gasteiger partial charge >= 0.3 is 0 Å². The van der Waals surface area contributed by atoms with Crippen molar-refractivity contribution in [1.82, 2.24) is 15.2 Å². The van der Waals surface area contributed by atoms with Crippen molar-refractivity contribution in [2.75, 3.05) is 13.7 Å². The minimum absolute atomic E-state index is 0.193. The molecule has 2 amide bonds. The summed E-state index contributed by atoms with van der Waals surface area (Å²) in [4.78, 5) is 33.0. The van der Waals surface area contributed by atoms with Gasteiger partial charge in [-0.3, -0.25) is 14.6 Å². The van der Waals surface area contributed by atoms with E-state index in [1.54, 1.807) is 36.5 Å². The number of nitrogens with one attached hydrogen (secondary N) is 1. The third kappa shape index (κ3) is 7.67. The fourth-order valence-corrected chi connectivity index (χ4v) is 4.04. The van der Waals surface area contributed by atoms with Crippen LogP contribution in [0.4, 0.5) is 0 Å². The zero-order chi connectivity index (χ0) is 26.6. The van der Waals surface area contributed by atoms with Gasteiger partial charge in [-0.2, -0.15) is 0 Å². The number of benzene rings is 3. The molecule has 38 heavy (non-hydrogen) atoms. The van der Waals surface area contributed by atoms with Crippen molar-refractivity contribution in [1.29, 1.82) is 0 Å². The highest BCUT2D eigenvalue weighted by atomic mass is 16.5. The Kier molecular flexibility index (Phi) is 9.45. The van der Waals surface area contributed by atoms with Crippen LogP contribution in [0.1, 0.15) is 16.7 Å². The number of para-hydroxylation sites is 1. The van der Waals surface area contributed by atoms with Crippen molar-refractivity contribution in [2.24, 2.45) is 0 Å². The molecule has 4 aromatic rings. The fraction of sp³-hybridized carbons (Fsp3) is 0.194. The molecule has 0 fully saturated rings. The molecule has 3 aromatic carbocycles. The summed E-state index contributed by atoms with van der Waals surface area (Å²) < 4.78 is 11.1. The largest absolute Gasteiger partial charge is 0.497 e. The summed E-state index contributed by atoms with van der Waals surface area (Å²) in [6, 6.07) is 29.3. The monoisotopic (exact) mass is 509 g/mol. The van der Waals surface area contributed by atoms with Crippen LogP contribution in [0.15, 0.2) is 109 Å². The first-order valence-corrected chi connectivity index (χ1v) is 12.4. The number of amides is 2. The van der Waals surface area contributed by atoms with Crippen LogP contribution in [0, 0.1) is 0 Å². The number of hydrogen-bond donors (Lipinski definition) is 1. The molecule has 0 bridgehead atoms. The molecule has 0 aliphatic carbocycles. The van der Waals surface area contributed by atoms with Crippen LogP contribution in [0.25, 0.3) is 0 Å². The van der Waals surface area contributed by atoms with Crippen molar-refractivity contribution >= 4 is 11.8 Å². The zero-order valence-corrected chi connectivity index (χ0v) is 21.3. The van der Waals surface area contributed by atoms with Crippen molar-refractivity contribution in [3.05, 3.63) is 126 Å². The highest BCUT2D eigenvalue weighted by molar-refractivity contribution is 5.88. The number of pyridine rings is 1. The Morgan fingerprint density at radius 3 is 2.16 bits per heavy atom. The summed E-state index contributed by atoms with van der Waals surface area (Å²) in [7, 11) is 1.61. The highest BCUT2D eigenvalue weighted by Crippen LogP contribution is 2.18. The maximum absolute atomic E-state index is 13.6. The average molecular weight is 510 g/mol. The third-order valence-electron chi connectivity index (χ3n) is 6.08. The van der Waals surface area contributed by atoms with Crippen LogP contribution in [-0.2, 0) is 29.1 Å². The van der Waals surface area contributed by atoms with Gasteiger partial charge in [0, 0.05) is 31.9 Å². The Bertz CT molecular complexity index is 1280. The van der Waals surface area contributed by atoms with Gasteiger partial charge in [-0.25, -0.2) is 0 Å². The number of carbonyl (C=O) groups is 2. The lowest BCUT2D eigenvalue weighted by atomic mass is 10.0. The molecule has 1 heterocycles. The van der Waals surface area contributed by atoms with Gasteiger partial charge in [-0.15, -0.1) is 0 Å². The van der Waals surface area contributed by atoms with E-state index < -0.39 is 6.04 Å². The van der Waals surface area contributed by atoms with Crippen molar-refractivity contribution in [2.45, 2.75) is 25.6 Å². The Morgan fingerprint density at radius 1 is 0.816 bits per heavy atom.